The van der Waals surface area contributed by atoms with E-state index in [9.17, 15) is 9.59 Å². The molecule has 0 bridgehead atoms. The molecule has 0 aliphatic carbocycles. The second-order valence-electron chi connectivity index (χ2n) is 4.79. The smallest absolute Gasteiger partial charge is 0.257 e. The van der Waals surface area contributed by atoms with Crippen LogP contribution in [0, 0.1) is 0 Å². The van der Waals surface area contributed by atoms with Crippen molar-refractivity contribution in [2.75, 3.05) is 19.5 Å². The molecule has 0 atom stereocenters. The predicted octanol–water partition coefficient (Wildman–Crippen LogP) is 2.18. The number of ether oxygens (including phenoxy) is 1. The number of carbonyl (C=O) groups is 2. The van der Waals surface area contributed by atoms with Crippen molar-refractivity contribution in [1.82, 2.24) is 10.6 Å². The number of hydrogen-bond acceptors (Lipinski definition) is 4. The van der Waals surface area contributed by atoms with Gasteiger partial charge in [0.15, 0.2) is 5.11 Å². The van der Waals surface area contributed by atoms with Crippen LogP contribution in [0.4, 0.5) is 5.69 Å². The summed E-state index contributed by atoms with van der Waals surface area (Å²) in [6, 6.07) is 13.4. The number of methoxy groups -OCH3 is 1. The van der Waals surface area contributed by atoms with Gasteiger partial charge >= 0.3 is 0 Å². The molecule has 2 rings (SSSR count). The second-order valence-corrected chi connectivity index (χ2v) is 5.20. The highest BCUT2D eigenvalue weighted by Crippen LogP contribution is 2.12. The van der Waals surface area contributed by atoms with Crippen LogP contribution in [0.1, 0.15) is 20.7 Å². The fourth-order valence-electron chi connectivity index (χ4n) is 1.93. The van der Waals surface area contributed by atoms with E-state index in [1.807, 2.05) is 0 Å². The molecule has 2 amide bonds. The Bertz CT molecular complexity index is 743. The molecule has 0 aliphatic heterocycles. The number of nitrogens with one attached hydrogen (secondary N) is 3. The van der Waals surface area contributed by atoms with Gasteiger partial charge in [-0.15, -0.1) is 0 Å². The number of benzene rings is 2. The monoisotopic (exact) mass is 343 g/mol. The highest BCUT2D eigenvalue weighted by atomic mass is 32.1. The lowest BCUT2D eigenvalue weighted by molar-refractivity contribution is 0.0959. The van der Waals surface area contributed by atoms with Crippen LogP contribution in [0.15, 0.2) is 48.5 Å². The summed E-state index contributed by atoms with van der Waals surface area (Å²) in [4.78, 5) is 23.6. The summed E-state index contributed by atoms with van der Waals surface area (Å²) >= 11 is 5.12. The van der Waals surface area contributed by atoms with Gasteiger partial charge in [0.1, 0.15) is 5.75 Å². The molecule has 3 N–H and O–H groups in total. The Balaban J connectivity index is 1.94. The molecule has 0 radical (unpaired) electrons. The molecule has 0 fully saturated rings. The molecule has 0 spiro atoms. The van der Waals surface area contributed by atoms with Crippen LogP contribution in [0.25, 0.3) is 0 Å². The Hall–Kier alpha value is -2.93. The summed E-state index contributed by atoms with van der Waals surface area (Å²) in [6.45, 7) is 0. The normalized spacial score (nSPS) is 9.75. The zero-order chi connectivity index (χ0) is 17.5. The van der Waals surface area contributed by atoms with Crippen LogP contribution in [0.5, 0.6) is 5.75 Å². The van der Waals surface area contributed by atoms with E-state index >= 15 is 0 Å². The van der Waals surface area contributed by atoms with E-state index in [0.29, 0.717) is 22.6 Å². The third kappa shape index (κ3) is 4.53. The molecule has 6 nitrogen and oxygen atoms in total. The molecule has 0 heterocycles. The predicted molar refractivity (Wildman–Crippen MR) is 96.5 cm³/mol. The zero-order valence-corrected chi connectivity index (χ0v) is 14.1. The summed E-state index contributed by atoms with van der Waals surface area (Å²) in [7, 11) is 3.13. The van der Waals surface area contributed by atoms with E-state index < -0.39 is 0 Å². The molecule has 7 heteroatoms. The quantitative estimate of drug-likeness (QED) is 0.742. The Morgan fingerprint density at radius 1 is 0.917 bits per heavy atom. The molecule has 0 aromatic heterocycles. The highest BCUT2D eigenvalue weighted by molar-refractivity contribution is 7.80. The van der Waals surface area contributed by atoms with Gasteiger partial charge in [-0.2, -0.15) is 0 Å². The lowest BCUT2D eigenvalue weighted by atomic mass is 10.2. The number of amides is 2. The standard InChI is InChI=1S/C17H17N3O3S/c1-18-15(21)11-3-7-13(8-4-11)19-17(24)20-16(22)12-5-9-14(23-2)10-6-12/h3-10H,1-2H3,(H,18,21)(H2,19,20,22,24). The lowest BCUT2D eigenvalue weighted by Gasteiger charge is -2.10. The first kappa shape index (κ1) is 17.4. The van der Waals surface area contributed by atoms with E-state index in [1.165, 1.54) is 0 Å². The molecular formula is C17H17N3O3S. The first-order valence-corrected chi connectivity index (χ1v) is 7.53. The molecule has 0 unspecified atom stereocenters. The summed E-state index contributed by atoms with van der Waals surface area (Å²) in [5.74, 6) is 0.178. The van der Waals surface area contributed by atoms with Crippen molar-refractivity contribution in [2.45, 2.75) is 0 Å². The summed E-state index contributed by atoms with van der Waals surface area (Å²) in [5.41, 5.74) is 1.67. The molecule has 2 aromatic rings. The van der Waals surface area contributed by atoms with Crippen LogP contribution in [-0.2, 0) is 0 Å². The zero-order valence-electron chi connectivity index (χ0n) is 13.3. The van der Waals surface area contributed by atoms with Crippen molar-refractivity contribution in [2.24, 2.45) is 0 Å². The Labute approximate surface area is 145 Å². The van der Waals surface area contributed by atoms with Gasteiger partial charge in [0.05, 0.1) is 7.11 Å². The van der Waals surface area contributed by atoms with Gasteiger partial charge in [0, 0.05) is 23.9 Å². The van der Waals surface area contributed by atoms with Crippen molar-refractivity contribution in [1.29, 1.82) is 0 Å². The van der Waals surface area contributed by atoms with Crippen molar-refractivity contribution in [3.05, 3.63) is 59.7 Å². The van der Waals surface area contributed by atoms with E-state index in [-0.39, 0.29) is 16.9 Å². The maximum Gasteiger partial charge on any atom is 0.257 e. The first-order chi connectivity index (χ1) is 11.5. The van der Waals surface area contributed by atoms with Gasteiger partial charge in [-0.05, 0) is 60.7 Å². The minimum absolute atomic E-state index is 0.170. The van der Waals surface area contributed by atoms with Crippen LogP contribution >= 0.6 is 12.2 Å². The van der Waals surface area contributed by atoms with E-state index in [0.717, 1.165) is 0 Å². The van der Waals surface area contributed by atoms with E-state index in [2.05, 4.69) is 16.0 Å². The Morgan fingerprint density at radius 3 is 2.00 bits per heavy atom. The SMILES string of the molecule is CNC(=O)c1ccc(NC(=S)NC(=O)c2ccc(OC)cc2)cc1. The van der Waals surface area contributed by atoms with Crippen molar-refractivity contribution in [3.63, 3.8) is 0 Å². The third-order valence-corrected chi connectivity index (χ3v) is 3.42. The summed E-state index contributed by atoms with van der Waals surface area (Å²) in [5, 5.41) is 8.20. The van der Waals surface area contributed by atoms with Crippen molar-refractivity contribution < 1.29 is 14.3 Å². The Kier molecular flexibility index (Phi) is 5.86. The first-order valence-electron chi connectivity index (χ1n) is 7.12. The average molecular weight is 343 g/mol. The molecule has 0 aliphatic rings. The molecule has 0 saturated heterocycles. The molecule has 24 heavy (non-hydrogen) atoms. The number of rotatable bonds is 4. The number of carbonyl (C=O) groups excluding carboxylic acids is 2. The van der Waals surface area contributed by atoms with Gasteiger partial charge in [0.25, 0.3) is 11.8 Å². The van der Waals surface area contributed by atoms with Crippen molar-refractivity contribution >= 4 is 34.8 Å². The fourth-order valence-corrected chi connectivity index (χ4v) is 2.14. The maximum absolute atomic E-state index is 12.1. The van der Waals surface area contributed by atoms with Gasteiger partial charge < -0.3 is 15.4 Å². The molecule has 2 aromatic carbocycles. The fraction of sp³-hybridized carbons (Fsp3) is 0.118. The summed E-state index contributed by atoms with van der Waals surface area (Å²) in [6.07, 6.45) is 0. The molecule has 0 saturated carbocycles. The van der Waals surface area contributed by atoms with Gasteiger partial charge in [0.2, 0.25) is 0 Å². The van der Waals surface area contributed by atoms with E-state index in [1.54, 1.807) is 62.7 Å². The van der Waals surface area contributed by atoms with Crippen LogP contribution in [0.2, 0.25) is 0 Å². The largest absolute Gasteiger partial charge is 0.497 e. The molecule has 124 valence electrons. The third-order valence-electron chi connectivity index (χ3n) is 3.21. The minimum atomic E-state index is -0.322. The van der Waals surface area contributed by atoms with E-state index in [4.69, 9.17) is 17.0 Å². The topological polar surface area (TPSA) is 79.5 Å². The summed E-state index contributed by atoms with van der Waals surface area (Å²) < 4.78 is 5.05. The average Bonchev–Trinajstić information content (AvgIpc) is 2.61. The van der Waals surface area contributed by atoms with Crippen LogP contribution in [-0.4, -0.2) is 31.1 Å². The van der Waals surface area contributed by atoms with Crippen molar-refractivity contribution in [3.8, 4) is 5.75 Å². The van der Waals surface area contributed by atoms with Gasteiger partial charge in [-0.25, -0.2) is 0 Å². The minimum Gasteiger partial charge on any atom is -0.497 e. The second kappa shape index (κ2) is 8.07. The number of anilines is 1. The van der Waals surface area contributed by atoms with Gasteiger partial charge in [-0.1, -0.05) is 0 Å². The highest BCUT2D eigenvalue weighted by Gasteiger charge is 2.08. The van der Waals surface area contributed by atoms with Crippen LogP contribution in [0.3, 0.4) is 0 Å². The lowest BCUT2D eigenvalue weighted by Crippen LogP contribution is -2.34. The van der Waals surface area contributed by atoms with Gasteiger partial charge in [-0.3, -0.25) is 14.9 Å². The maximum atomic E-state index is 12.1. The number of hydrogen-bond donors (Lipinski definition) is 3. The number of thiocarbonyl (C=S) groups is 1. The molecular weight excluding hydrogens is 326 g/mol. The van der Waals surface area contributed by atoms with Crippen LogP contribution < -0.4 is 20.7 Å². The Morgan fingerprint density at radius 2 is 1.46 bits per heavy atom.